The highest BCUT2D eigenvalue weighted by molar-refractivity contribution is 7.98. The highest BCUT2D eigenvalue weighted by Gasteiger charge is 2.05. The van der Waals surface area contributed by atoms with Crippen LogP contribution in [0, 0.1) is 0 Å². The lowest BCUT2D eigenvalue weighted by Gasteiger charge is -2.12. The Morgan fingerprint density at radius 1 is 0.739 bits per heavy atom. The molecule has 0 unspecified atom stereocenters. The van der Waals surface area contributed by atoms with E-state index in [1.54, 1.807) is 11.8 Å². The predicted octanol–water partition coefficient (Wildman–Crippen LogP) is 5.58. The third-order valence-corrected chi connectivity index (χ3v) is 4.51. The fourth-order valence-electron chi connectivity index (χ4n) is 2.49. The van der Waals surface area contributed by atoms with Gasteiger partial charge in [0, 0.05) is 11.3 Å². The number of hydrogen-bond acceptors (Lipinski definition) is 2. The van der Waals surface area contributed by atoms with Crippen molar-refractivity contribution in [1.29, 1.82) is 0 Å². The van der Waals surface area contributed by atoms with E-state index in [-0.39, 0.29) is 0 Å². The second-order valence-corrected chi connectivity index (χ2v) is 6.29. The second kappa shape index (κ2) is 7.89. The van der Waals surface area contributed by atoms with Gasteiger partial charge in [-0.05, 0) is 41.1 Å². The molecule has 0 aliphatic rings. The SMILES string of the molecule is CSc1ccc(Cc2ccccc2OCc2ccccc2)cc1. The highest BCUT2D eigenvalue weighted by atomic mass is 32.2. The standard InChI is InChI=1S/C21H20OS/c1-23-20-13-11-17(12-14-20)15-19-9-5-6-10-21(19)22-16-18-7-3-2-4-8-18/h2-14H,15-16H2,1H3. The van der Waals surface area contributed by atoms with Gasteiger partial charge >= 0.3 is 0 Å². The molecule has 2 heteroatoms. The van der Waals surface area contributed by atoms with Gasteiger partial charge in [-0.2, -0.15) is 0 Å². The molecule has 0 aliphatic heterocycles. The summed E-state index contributed by atoms with van der Waals surface area (Å²) in [6.07, 6.45) is 2.99. The van der Waals surface area contributed by atoms with E-state index in [1.165, 1.54) is 21.6 Å². The molecule has 0 spiro atoms. The van der Waals surface area contributed by atoms with Crippen molar-refractivity contribution in [2.75, 3.05) is 6.26 Å². The molecule has 0 amide bonds. The van der Waals surface area contributed by atoms with Crippen molar-refractivity contribution >= 4 is 11.8 Å². The minimum atomic E-state index is 0.600. The first-order valence-corrected chi connectivity index (χ1v) is 8.95. The second-order valence-electron chi connectivity index (χ2n) is 5.41. The van der Waals surface area contributed by atoms with Gasteiger partial charge in [-0.15, -0.1) is 11.8 Å². The Hall–Kier alpha value is -2.19. The molecular weight excluding hydrogens is 300 g/mol. The summed E-state index contributed by atoms with van der Waals surface area (Å²) in [5, 5.41) is 0. The first kappa shape index (κ1) is 15.7. The number of thioether (sulfide) groups is 1. The molecular formula is C21H20OS. The van der Waals surface area contributed by atoms with Gasteiger partial charge < -0.3 is 4.74 Å². The third kappa shape index (κ3) is 4.40. The van der Waals surface area contributed by atoms with Gasteiger partial charge in [0.2, 0.25) is 0 Å². The zero-order valence-corrected chi connectivity index (χ0v) is 14.1. The van der Waals surface area contributed by atoms with Gasteiger partial charge in [0.05, 0.1) is 0 Å². The van der Waals surface area contributed by atoms with E-state index in [4.69, 9.17) is 4.74 Å². The van der Waals surface area contributed by atoms with E-state index < -0.39 is 0 Å². The third-order valence-electron chi connectivity index (χ3n) is 3.76. The molecule has 0 fully saturated rings. The molecule has 0 saturated heterocycles. The van der Waals surface area contributed by atoms with Crippen molar-refractivity contribution in [2.24, 2.45) is 0 Å². The van der Waals surface area contributed by atoms with Crippen LogP contribution >= 0.6 is 11.8 Å². The summed E-state index contributed by atoms with van der Waals surface area (Å²) in [6, 6.07) is 27.3. The molecule has 3 aromatic rings. The Labute approximate surface area is 142 Å². The first-order valence-electron chi connectivity index (χ1n) is 7.73. The molecule has 3 rings (SSSR count). The zero-order valence-electron chi connectivity index (χ0n) is 13.2. The molecule has 116 valence electrons. The van der Waals surface area contributed by atoms with Crippen molar-refractivity contribution in [3.8, 4) is 5.75 Å². The molecule has 1 nitrogen and oxygen atoms in total. The van der Waals surface area contributed by atoms with Crippen LogP contribution in [0.25, 0.3) is 0 Å². The van der Waals surface area contributed by atoms with E-state index in [2.05, 4.69) is 60.9 Å². The van der Waals surface area contributed by atoms with E-state index in [0.717, 1.165) is 12.2 Å². The molecule has 0 aromatic heterocycles. The lowest BCUT2D eigenvalue weighted by Crippen LogP contribution is -1.99. The molecule has 0 radical (unpaired) electrons. The fraction of sp³-hybridized carbons (Fsp3) is 0.143. The Balaban J connectivity index is 1.72. The molecule has 3 aromatic carbocycles. The number of para-hydroxylation sites is 1. The Morgan fingerprint density at radius 3 is 2.17 bits per heavy atom. The van der Waals surface area contributed by atoms with Crippen LogP contribution in [0.4, 0.5) is 0 Å². The minimum absolute atomic E-state index is 0.600. The van der Waals surface area contributed by atoms with Crippen LogP contribution in [0.1, 0.15) is 16.7 Å². The van der Waals surface area contributed by atoms with E-state index in [1.807, 2.05) is 24.3 Å². The molecule has 23 heavy (non-hydrogen) atoms. The van der Waals surface area contributed by atoms with Gasteiger partial charge in [-0.1, -0.05) is 60.7 Å². The Kier molecular flexibility index (Phi) is 5.38. The van der Waals surface area contributed by atoms with Crippen LogP contribution in [0.5, 0.6) is 5.75 Å². The summed E-state index contributed by atoms with van der Waals surface area (Å²) in [5.74, 6) is 0.963. The van der Waals surface area contributed by atoms with Crippen LogP contribution in [-0.2, 0) is 13.0 Å². The van der Waals surface area contributed by atoms with Crippen molar-refractivity contribution in [1.82, 2.24) is 0 Å². The Morgan fingerprint density at radius 2 is 1.43 bits per heavy atom. The van der Waals surface area contributed by atoms with Crippen molar-refractivity contribution in [2.45, 2.75) is 17.9 Å². The van der Waals surface area contributed by atoms with Gasteiger partial charge in [-0.25, -0.2) is 0 Å². The van der Waals surface area contributed by atoms with E-state index in [0.29, 0.717) is 6.61 Å². The van der Waals surface area contributed by atoms with Crippen LogP contribution in [0.15, 0.2) is 83.8 Å². The number of benzene rings is 3. The maximum Gasteiger partial charge on any atom is 0.123 e. The number of rotatable bonds is 6. The maximum absolute atomic E-state index is 6.04. The largest absolute Gasteiger partial charge is 0.489 e. The lowest BCUT2D eigenvalue weighted by molar-refractivity contribution is 0.303. The number of hydrogen-bond donors (Lipinski definition) is 0. The van der Waals surface area contributed by atoms with Crippen LogP contribution < -0.4 is 4.74 Å². The molecule has 0 saturated carbocycles. The summed E-state index contributed by atoms with van der Waals surface area (Å²) < 4.78 is 6.04. The predicted molar refractivity (Wildman–Crippen MR) is 98.2 cm³/mol. The van der Waals surface area contributed by atoms with Crippen LogP contribution in [0.2, 0.25) is 0 Å². The quantitative estimate of drug-likeness (QED) is 0.548. The topological polar surface area (TPSA) is 9.23 Å². The fourth-order valence-corrected chi connectivity index (χ4v) is 2.90. The average Bonchev–Trinajstić information content (AvgIpc) is 2.62. The summed E-state index contributed by atoms with van der Waals surface area (Å²) in [5.41, 5.74) is 3.71. The van der Waals surface area contributed by atoms with Crippen LogP contribution in [-0.4, -0.2) is 6.26 Å². The van der Waals surface area contributed by atoms with Gasteiger partial charge in [0.15, 0.2) is 0 Å². The first-order chi connectivity index (χ1) is 11.3. The molecule has 0 atom stereocenters. The molecule has 0 bridgehead atoms. The van der Waals surface area contributed by atoms with E-state index >= 15 is 0 Å². The highest BCUT2D eigenvalue weighted by Crippen LogP contribution is 2.23. The maximum atomic E-state index is 6.04. The molecule has 0 aliphatic carbocycles. The van der Waals surface area contributed by atoms with Crippen LogP contribution in [0.3, 0.4) is 0 Å². The average molecular weight is 320 g/mol. The van der Waals surface area contributed by atoms with E-state index in [9.17, 15) is 0 Å². The van der Waals surface area contributed by atoms with Gasteiger partial charge in [0.25, 0.3) is 0 Å². The normalized spacial score (nSPS) is 10.5. The smallest absolute Gasteiger partial charge is 0.123 e. The zero-order chi connectivity index (χ0) is 15.9. The van der Waals surface area contributed by atoms with Gasteiger partial charge in [-0.3, -0.25) is 0 Å². The Bertz CT molecular complexity index is 735. The lowest BCUT2D eigenvalue weighted by atomic mass is 10.0. The van der Waals surface area contributed by atoms with Crippen molar-refractivity contribution in [3.05, 3.63) is 95.6 Å². The van der Waals surface area contributed by atoms with Crippen molar-refractivity contribution in [3.63, 3.8) is 0 Å². The minimum Gasteiger partial charge on any atom is -0.489 e. The molecule has 0 N–H and O–H groups in total. The summed E-state index contributed by atoms with van der Waals surface area (Å²) in [6.45, 7) is 0.600. The summed E-state index contributed by atoms with van der Waals surface area (Å²) >= 11 is 1.77. The molecule has 0 heterocycles. The number of ether oxygens (including phenoxy) is 1. The van der Waals surface area contributed by atoms with Gasteiger partial charge in [0.1, 0.15) is 12.4 Å². The van der Waals surface area contributed by atoms with Crippen molar-refractivity contribution < 1.29 is 4.74 Å². The monoisotopic (exact) mass is 320 g/mol. The summed E-state index contributed by atoms with van der Waals surface area (Å²) in [7, 11) is 0. The summed E-state index contributed by atoms with van der Waals surface area (Å²) in [4.78, 5) is 1.29.